The topological polar surface area (TPSA) is 56.7 Å². The molecular weight excluding hydrogens is 389 g/mol. The van der Waals surface area contributed by atoms with Crippen LogP contribution >= 0.6 is 35.6 Å². The molecule has 1 aromatic carbocycles. The third kappa shape index (κ3) is 5.85. The second kappa shape index (κ2) is 8.69. The van der Waals surface area contributed by atoms with E-state index in [1.165, 1.54) is 12.8 Å². The SMILES string of the molecule is CCNC(=NCC(O)c1ccc(Cl)cc1)NC1CC1.I. The van der Waals surface area contributed by atoms with Crippen molar-refractivity contribution in [3.63, 3.8) is 0 Å². The molecule has 1 saturated carbocycles. The standard InChI is InChI=1S/C14H20ClN3O.HI/c1-2-16-14(18-12-7-8-12)17-9-13(19)10-3-5-11(15)6-4-10;/h3-6,12-13,19H,2,7-9H2,1H3,(H2,16,17,18);1H. The average molecular weight is 410 g/mol. The maximum Gasteiger partial charge on any atom is 0.191 e. The zero-order valence-corrected chi connectivity index (χ0v) is 14.6. The quantitative estimate of drug-likeness (QED) is 0.398. The summed E-state index contributed by atoms with van der Waals surface area (Å²) >= 11 is 5.82. The summed E-state index contributed by atoms with van der Waals surface area (Å²) in [6.07, 6.45) is 1.79. The van der Waals surface area contributed by atoms with Crippen LogP contribution in [0, 0.1) is 0 Å². The fourth-order valence-electron chi connectivity index (χ4n) is 1.71. The van der Waals surface area contributed by atoms with Gasteiger partial charge >= 0.3 is 0 Å². The number of benzene rings is 1. The summed E-state index contributed by atoms with van der Waals surface area (Å²) in [6, 6.07) is 7.74. The van der Waals surface area contributed by atoms with Gasteiger partial charge in [-0.1, -0.05) is 23.7 Å². The van der Waals surface area contributed by atoms with E-state index in [1.54, 1.807) is 12.1 Å². The Morgan fingerprint density at radius 1 is 1.40 bits per heavy atom. The van der Waals surface area contributed by atoms with Crippen LogP contribution in [0.5, 0.6) is 0 Å². The van der Waals surface area contributed by atoms with Crippen LogP contribution < -0.4 is 10.6 Å². The van der Waals surface area contributed by atoms with Gasteiger partial charge in [-0.05, 0) is 37.5 Å². The Bertz CT molecular complexity index is 435. The monoisotopic (exact) mass is 409 g/mol. The molecule has 1 aromatic rings. The Labute approximate surface area is 142 Å². The van der Waals surface area contributed by atoms with Gasteiger partial charge in [0.1, 0.15) is 0 Å². The first-order valence-electron chi connectivity index (χ1n) is 6.67. The summed E-state index contributed by atoms with van der Waals surface area (Å²) in [5.74, 6) is 0.776. The number of hydrogen-bond acceptors (Lipinski definition) is 2. The lowest BCUT2D eigenvalue weighted by Crippen LogP contribution is -2.38. The molecule has 1 atom stereocenters. The number of aliphatic hydroxyl groups excluding tert-OH is 1. The van der Waals surface area contributed by atoms with E-state index in [-0.39, 0.29) is 24.0 Å². The van der Waals surface area contributed by atoms with Crippen molar-refractivity contribution in [1.82, 2.24) is 10.6 Å². The van der Waals surface area contributed by atoms with Crippen LogP contribution in [-0.2, 0) is 0 Å². The number of hydrogen-bond donors (Lipinski definition) is 3. The molecule has 2 rings (SSSR count). The van der Waals surface area contributed by atoms with Crippen LogP contribution in [0.1, 0.15) is 31.4 Å². The number of aliphatic hydroxyl groups is 1. The van der Waals surface area contributed by atoms with E-state index in [0.717, 1.165) is 18.1 Å². The first-order chi connectivity index (χ1) is 9.19. The fourth-order valence-corrected chi connectivity index (χ4v) is 1.84. The van der Waals surface area contributed by atoms with Crippen molar-refractivity contribution < 1.29 is 5.11 Å². The van der Waals surface area contributed by atoms with Crippen LogP contribution in [0.15, 0.2) is 29.3 Å². The molecule has 0 spiro atoms. The van der Waals surface area contributed by atoms with Gasteiger partial charge in [0.25, 0.3) is 0 Å². The molecule has 20 heavy (non-hydrogen) atoms. The Kier molecular flexibility index (Phi) is 7.61. The molecule has 4 nitrogen and oxygen atoms in total. The highest BCUT2D eigenvalue weighted by molar-refractivity contribution is 14.0. The summed E-state index contributed by atoms with van der Waals surface area (Å²) in [5, 5.41) is 17.2. The molecule has 0 aromatic heterocycles. The summed E-state index contributed by atoms with van der Waals surface area (Å²) < 4.78 is 0. The third-order valence-corrected chi connectivity index (χ3v) is 3.19. The first kappa shape index (κ1) is 17.5. The Morgan fingerprint density at radius 3 is 2.60 bits per heavy atom. The number of halogens is 2. The van der Waals surface area contributed by atoms with Gasteiger partial charge in [-0.15, -0.1) is 24.0 Å². The Balaban J connectivity index is 0.00000200. The lowest BCUT2D eigenvalue weighted by molar-refractivity contribution is 0.187. The van der Waals surface area contributed by atoms with Crippen LogP contribution in [0.25, 0.3) is 0 Å². The van der Waals surface area contributed by atoms with Crippen molar-refractivity contribution in [3.05, 3.63) is 34.9 Å². The average Bonchev–Trinajstić information content (AvgIpc) is 3.21. The number of aliphatic imine (C=N–C) groups is 1. The molecule has 1 fully saturated rings. The summed E-state index contributed by atoms with van der Waals surface area (Å²) in [4.78, 5) is 4.40. The van der Waals surface area contributed by atoms with E-state index in [0.29, 0.717) is 17.6 Å². The largest absolute Gasteiger partial charge is 0.386 e. The van der Waals surface area contributed by atoms with Crippen molar-refractivity contribution in [2.24, 2.45) is 4.99 Å². The van der Waals surface area contributed by atoms with Gasteiger partial charge in [-0.2, -0.15) is 0 Å². The highest BCUT2D eigenvalue weighted by Gasteiger charge is 2.22. The van der Waals surface area contributed by atoms with E-state index in [9.17, 15) is 5.11 Å². The first-order valence-corrected chi connectivity index (χ1v) is 7.05. The summed E-state index contributed by atoms with van der Waals surface area (Å²) in [7, 11) is 0. The number of nitrogens with one attached hydrogen (secondary N) is 2. The molecule has 0 heterocycles. The van der Waals surface area contributed by atoms with Gasteiger partial charge < -0.3 is 15.7 Å². The predicted octanol–water partition coefficient (Wildman–Crippen LogP) is 2.71. The molecule has 6 heteroatoms. The summed E-state index contributed by atoms with van der Waals surface area (Å²) in [6.45, 7) is 3.18. The Hall–Kier alpha value is -0.530. The van der Waals surface area contributed by atoms with Gasteiger partial charge in [0, 0.05) is 17.6 Å². The van der Waals surface area contributed by atoms with E-state index >= 15 is 0 Å². The smallest absolute Gasteiger partial charge is 0.191 e. The van der Waals surface area contributed by atoms with Crippen molar-refractivity contribution in [2.75, 3.05) is 13.1 Å². The van der Waals surface area contributed by atoms with Gasteiger partial charge in [0.05, 0.1) is 12.6 Å². The highest BCUT2D eigenvalue weighted by Crippen LogP contribution is 2.19. The molecule has 1 unspecified atom stereocenters. The predicted molar refractivity (Wildman–Crippen MR) is 94.0 cm³/mol. The zero-order valence-electron chi connectivity index (χ0n) is 11.5. The molecule has 3 N–H and O–H groups in total. The lowest BCUT2D eigenvalue weighted by Gasteiger charge is -2.12. The van der Waals surface area contributed by atoms with Gasteiger partial charge in [0.2, 0.25) is 0 Å². The second-order valence-electron chi connectivity index (χ2n) is 4.71. The third-order valence-electron chi connectivity index (χ3n) is 2.94. The second-order valence-corrected chi connectivity index (χ2v) is 5.14. The number of rotatable bonds is 5. The normalized spacial score (nSPS) is 16.2. The van der Waals surface area contributed by atoms with Gasteiger partial charge in [0.15, 0.2) is 5.96 Å². The summed E-state index contributed by atoms with van der Waals surface area (Å²) in [5.41, 5.74) is 0.829. The van der Waals surface area contributed by atoms with Crippen molar-refractivity contribution in [1.29, 1.82) is 0 Å². The molecule has 0 radical (unpaired) electrons. The van der Waals surface area contributed by atoms with Gasteiger partial charge in [-0.25, -0.2) is 0 Å². The molecule has 0 saturated heterocycles. The van der Waals surface area contributed by atoms with E-state index in [2.05, 4.69) is 15.6 Å². The minimum absolute atomic E-state index is 0. The molecule has 1 aliphatic carbocycles. The minimum atomic E-state index is -0.605. The van der Waals surface area contributed by atoms with Crippen LogP contribution in [-0.4, -0.2) is 30.2 Å². The molecule has 0 bridgehead atoms. The van der Waals surface area contributed by atoms with E-state index < -0.39 is 6.10 Å². The Morgan fingerprint density at radius 2 is 2.05 bits per heavy atom. The number of guanidine groups is 1. The molecule has 0 aliphatic heterocycles. The van der Waals surface area contributed by atoms with Crippen molar-refractivity contribution >= 4 is 41.5 Å². The van der Waals surface area contributed by atoms with Crippen LogP contribution in [0.2, 0.25) is 5.02 Å². The molecule has 0 amide bonds. The van der Waals surface area contributed by atoms with Crippen LogP contribution in [0.4, 0.5) is 0 Å². The maximum atomic E-state index is 10.1. The minimum Gasteiger partial charge on any atom is -0.386 e. The van der Waals surface area contributed by atoms with Crippen molar-refractivity contribution in [2.45, 2.75) is 31.9 Å². The molecule has 1 aliphatic rings. The fraction of sp³-hybridized carbons (Fsp3) is 0.500. The van der Waals surface area contributed by atoms with E-state index in [1.807, 2.05) is 19.1 Å². The molecule has 112 valence electrons. The highest BCUT2D eigenvalue weighted by atomic mass is 127. The lowest BCUT2D eigenvalue weighted by atomic mass is 10.1. The van der Waals surface area contributed by atoms with Gasteiger partial charge in [-0.3, -0.25) is 4.99 Å². The van der Waals surface area contributed by atoms with Crippen molar-refractivity contribution in [3.8, 4) is 0 Å². The molecular formula is C14H21ClIN3O. The zero-order chi connectivity index (χ0) is 13.7. The van der Waals surface area contributed by atoms with E-state index in [4.69, 9.17) is 11.6 Å². The van der Waals surface area contributed by atoms with Crippen LogP contribution in [0.3, 0.4) is 0 Å². The maximum absolute atomic E-state index is 10.1. The number of nitrogens with zero attached hydrogens (tertiary/aromatic N) is 1.